The Kier molecular flexibility index (Phi) is 6.12. The Balaban J connectivity index is 2.08. The van der Waals surface area contributed by atoms with Gasteiger partial charge < -0.3 is 14.8 Å². The highest BCUT2D eigenvalue weighted by atomic mass is 16.5. The molecule has 1 N–H and O–H groups in total. The van der Waals surface area contributed by atoms with Crippen molar-refractivity contribution in [1.82, 2.24) is 5.32 Å². The van der Waals surface area contributed by atoms with E-state index in [4.69, 9.17) is 9.47 Å². The van der Waals surface area contributed by atoms with Crippen molar-refractivity contribution >= 4 is 0 Å². The maximum absolute atomic E-state index is 6.09. The third-order valence-corrected chi connectivity index (χ3v) is 3.51. The van der Waals surface area contributed by atoms with Crippen molar-refractivity contribution in [3.05, 3.63) is 35.9 Å². The second-order valence-corrected chi connectivity index (χ2v) is 5.77. The van der Waals surface area contributed by atoms with Crippen LogP contribution in [0.5, 0.6) is 11.5 Å². The van der Waals surface area contributed by atoms with Crippen molar-refractivity contribution in [2.75, 3.05) is 6.61 Å². The quantitative estimate of drug-likeness (QED) is 0.768. The van der Waals surface area contributed by atoms with Gasteiger partial charge in [0.15, 0.2) is 11.5 Å². The smallest absolute Gasteiger partial charge is 0.162 e. The normalized spacial score (nSPS) is 18.0. The molecule has 0 spiro atoms. The Morgan fingerprint density at radius 2 is 2.14 bits per heavy atom. The van der Waals surface area contributed by atoms with Gasteiger partial charge >= 0.3 is 0 Å². The summed E-state index contributed by atoms with van der Waals surface area (Å²) < 4.78 is 11.8. The van der Waals surface area contributed by atoms with Crippen LogP contribution in [0.3, 0.4) is 0 Å². The molecular weight excluding hydrogens is 262 g/mol. The van der Waals surface area contributed by atoms with Gasteiger partial charge in [-0.05, 0) is 50.0 Å². The average molecular weight is 289 g/mol. The Morgan fingerprint density at radius 1 is 1.29 bits per heavy atom. The molecule has 0 fully saturated rings. The fourth-order valence-corrected chi connectivity index (χ4v) is 2.39. The molecule has 1 atom stereocenters. The SMILES string of the molecule is CCOc1cc(CNC(C)C)ccc1OC1C=CCCC1. The fraction of sp³-hybridized carbons (Fsp3) is 0.556. The molecule has 0 aliphatic heterocycles. The molecule has 1 aromatic carbocycles. The van der Waals surface area contributed by atoms with Gasteiger partial charge in [-0.25, -0.2) is 0 Å². The molecule has 1 aromatic rings. The lowest BCUT2D eigenvalue weighted by atomic mass is 10.1. The molecule has 1 aliphatic rings. The molecule has 0 radical (unpaired) electrons. The van der Waals surface area contributed by atoms with E-state index in [1.807, 2.05) is 13.0 Å². The molecule has 3 heteroatoms. The van der Waals surface area contributed by atoms with Gasteiger partial charge in [0, 0.05) is 12.6 Å². The summed E-state index contributed by atoms with van der Waals surface area (Å²) in [5.41, 5.74) is 1.22. The zero-order valence-electron chi connectivity index (χ0n) is 13.4. The van der Waals surface area contributed by atoms with Gasteiger partial charge in [-0.1, -0.05) is 26.0 Å². The Hall–Kier alpha value is -1.48. The van der Waals surface area contributed by atoms with Crippen LogP contribution in [0.1, 0.15) is 45.6 Å². The average Bonchev–Trinajstić information content (AvgIpc) is 2.49. The molecule has 1 unspecified atom stereocenters. The molecule has 0 heterocycles. The van der Waals surface area contributed by atoms with Crippen LogP contribution >= 0.6 is 0 Å². The number of ether oxygens (including phenoxy) is 2. The van der Waals surface area contributed by atoms with Crippen LogP contribution in [-0.2, 0) is 6.54 Å². The first-order valence-corrected chi connectivity index (χ1v) is 8.01. The summed E-state index contributed by atoms with van der Waals surface area (Å²) in [5, 5.41) is 3.42. The van der Waals surface area contributed by atoms with Crippen LogP contribution < -0.4 is 14.8 Å². The van der Waals surface area contributed by atoms with Crippen molar-refractivity contribution in [1.29, 1.82) is 0 Å². The maximum atomic E-state index is 6.09. The third-order valence-electron chi connectivity index (χ3n) is 3.51. The van der Waals surface area contributed by atoms with E-state index in [2.05, 4.69) is 43.4 Å². The van der Waals surface area contributed by atoms with Crippen LogP contribution in [0.15, 0.2) is 30.4 Å². The van der Waals surface area contributed by atoms with Gasteiger partial charge in [-0.15, -0.1) is 0 Å². The minimum absolute atomic E-state index is 0.178. The van der Waals surface area contributed by atoms with Crippen molar-refractivity contribution in [3.63, 3.8) is 0 Å². The summed E-state index contributed by atoms with van der Waals surface area (Å²) in [6.45, 7) is 7.80. The van der Waals surface area contributed by atoms with Gasteiger partial charge in [0.25, 0.3) is 0 Å². The van der Waals surface area contributed by atoms with Crippen LogP contribution in [0, 0.1) is 0 Å². The predicted octanol–water partition coefficient (Wildman–Crippen LogP) is 4.07. The molecule has 0 saturated carbocycles. The first kappa shape index (κ1) is 15.9. The van der Waals surface area contributed by atoms with E-state index in [9.17, 15) is 0 Å². The highest BCUT2D eigenvalue weighted by Crippen LogP contribution is 2.31. The van der Waals surface area contributed by atoms with E-state index >= 15 is 0 Å². The maximum Gasteiger partial charge on any atom is 0.162 e. The Labute approximate surface area is 128 Å². The minimum Gasteiger partial charge on any atom is -0.490 e. The van der Waals surface area contributed by atoms with Gasteiger partial charge in [0.05, 0.1) is 6.61 Å². The molecular formula is C18H27NO2. The number of benzene rings is 1. The molecule has 116 valence electrons. The zero-order valence-corrected chi connectivity index (χ0v) is 13.4. The third kappa shape index (κ3) is 5.09. The Bertz CT molecular complexity index is 468. The van der Waals surface area contributed by atoms with Crippen LogP contribution in [0.2, 0.25) is 0 Å². The summed E-state index contributed by atoms with van der Waals surface area (Å²) in [5.74, 6) is 1.70. The minimum atomic E-state index is 0.178. The van der Waals surface area contributed by atoms with Crippen molar-refractivity contribution < 1.29 is 9.47 Å². The summed E-state index contributed by atoms with van der Waals surface area (Å²) in [4.78, 5) is 0. The van der Waals surface area contributed by atoms with E-state index in [-0.39, 0.29) is 6.10 Å². The lowest BCUT2D eigenvalue weighted by molar-refractivity contribution is 0.214. The molecule has 0 aromatic heterocycles. The second-order valence-electron chi connectivity index (χ2n) is 5.77. The van der Waals surface area contributed by atoms with Crippen LogP contribution in [0.25, 0.3) is 0 Å². The van der Waals surface area contributed by atoms with Gasteiger partial charge in [0.2, 0.25) is 0 Å². The van der Waals surface area contributed by atoms with Crippen molar-refractivity contribution in [2.45, 2.75) is 58.7 Å². The standard InChI is InChI=1S/C18H27NO2/c1-4-20-18-12-15(13-19-14(2)3)10-11-17(18)21-16-8-6-5-7-9-16/h6,8,10-12,14,16,19H,4-5,7,9,13H2,1-3H3. The number of hydrogen-bond donors (Lipinski definition) is 1. The predicted molar refractivity (Wildman–Crippen MR) is 87.0 cm³/mol. The summed E-state index contributed by atoms with van der Waals surface area (Å²) in [7, 11) is 0. The van der Waals surface area contributed by atoms with E-state index in [1.165, 1.54) is 12.0 Å². The van der Waals surface area contributed by atoms with E-state index in [0.29, 0.717) is 12.6 Å². The second kappa shape index (κ2) is 8.08. The van der Waals surface area contributed by atoms with Gasteiger partial charge in [0.1, 0.15) is 6.10 Å². The first-order chi connectivity index (χ1) is 10.2. The molecule has 0 saturated heterocycles. The molecule has 0 amide bonds. The molecule has 0 bridgehead atoms. The summed E-state index contributed by atoms with van der Waals surface area (Å²) in [6.07, 6.45) is 7.99. The molecule has 3 nitrogen and oxygen atoms in total. The van der Waals surface area contributed by atoms with E-state index in [0.717, 1.165) is 30.9 Å². The van der Waals surface area contributed by atoms with Gasteiger partial charge in [-0.2, -0.15) is 0 Å². The molecule has 2 rings (SSSR count). The van der Waals surface area contributed by atoms with Crippen LogP contribution in [0.4, 0.5) is 0 Å². The Morgan fingerprint density at radius 3 is 2.81 bits per heavy atom. The first-order valence-electron chi connectivity index (χ1n) is 8.01. The van der Waals surface area contributed by atoms with E-state index < -0.39 is 0 Å². The topological polar surface area (TPSA) is 30.5 Å². The number of allylic oxidation sites excluding steroid dienone is 1. The molecule has 1 aliphatic carbocycles. The monoisotopic (exact) mass is 289 g/mol. The highest BCUT2D eigenvalue weighted by Gasteiger charge is 2.13. The zero-order chi connectivity index (χ0) is 15.1. The van der Waals surface area contributed by atoms with Crippen molar-refractivity contribution in [2.24, 2.45) is 0 Å². The van der Waals surface area contributed by atoms with Crippen LogP contribution in [-0.4, -0.2) is 18.8 Å². The summed E-state index contributed by atoms with van der Waals surface area (Å²) >= 11 is 0. The van der Waals surface area contributed by atoms with Crippen molar-refractivity contribution in [3.8, 4) is 11.5 Å². The summed E-state index contributed by atoms with van der Waals surface area (Å²) in [6, 6.07) is 6.70. The fourth-order valence-electron chi connectivity index (χ4n) is 2.39. The number of rotatable bonds is 7. The van der Waals surface area contributed by atoms with E-state index in [1.54, 1.807) is 0 Å². The largest absolute Gasteiger partial charge is 0.490 e. The lowest BCUT2D eigenvalue weighted by Gasteiger charge is -2.21. The number of nitrogens with one attached hydrogen (secondary N) is 1. The van der Waals surface area contributed by atoms with Gasteiger partial charge in [-0.3, -0.25) is 0 Å². The number of hydrogen-bond acceptors (Lipinski definition) is 3. The molecule has 21 heavy (non-hydrogen) atoms. The highest BCUT2D eigenvalue weighted by molar-refractivity contribution is 5.43. The lowest BCUT2D eigenvalue weighted by Crippen LogP contribution is -2.22.